The lowest BCUT2D eigenvalue weighted by Crippen LogP contribution is -2.27. The van der Waals surface area contributed by atoms with Crippen LogP contribution >= 0.6 is 47.2 Å². The topological polar surface area (TPSA) is 94.8 Å². The highest BCUT2D eigenvalue weighted by Crippen LogP contribution is 2.40. The standard InChI is InChI=1S/C22H13Cl2N3O5S2/c1-31-18-8-12(2-6-17(18)32-20-7-4-14(11-25-20)27(29)30)9-19-21(28)26(22(33)34-19)16-5-3-13(23)10-15(16)24/h2-11H,1H3/b19-9-. The molecule has 1 amide bonds. The number of nitro groups is 1. The number of carbonyl (C=O) groups is 1. The second kappa shape index (κ2) is 9.98. The molecule has 1 aliphatic heterocycles. The van der Waals surface area contributed by atoms with Gasteiger partial charge in [0.25, 0.3) is 11.6 Å². The summed E-state index contributed by atoms with van der Waals surface area (Å²) in [7, 11) is 1.47. The normalized spacial score (nSPS) is 14.6. The first-order chi connectivity index (χ1) is 16.3. The van der Waals surface area contributed by atoms with Crippen LogP contribution < -0.4 is 14.4 Å². The van der Waals surface area contributed by atoms with Crippen molar-refractivity contribution >= 4 is 74.9 Å². The number of benzene rings is 2. The van der Waals surface area contributed by atoms with Gasteiger partial charge in [0.05, 0.1) is 27.6 Å². The van der Waals surface area contributed by atoms with Crippen LogP contribution in [0.2, 0.25) is 10.0 Å². The molecule has 1 fully saturated rings. The second-order valence-corrected chi connectivity index (χ2v) is 9.26. The molecular weight excluding hydrogens is 521 g/mol. The van der Waals surface area contributed by atoms with E-state index < -0.39 is 4.92 Å². The molecule has 0 spiro atoms. The number of anilines is 1. The number of aromatic nitrogens is 1. The van der Waals surface area contributed by atoms with Crippen molar-refractivity contribution in [2.75, 3.05) is 12.0 Å². The Morgan fingerprint density at radius 1 is 1.15 bits per heavy atom. The number of hydrogen-bond acceptors (Lipinski definition) is 8. The molecule has 8 nitrogen and oxygen atoms in total. The fourth-order valence-electron chi connectivity index (χ4n) is 3.00. The summed E-state index contributed by atoms with van der Waals surface area (Å²) in [6, 6.07) is 12.5. The lowest BCUT2D eigenvalue weighted by molar-refractivity contribution is -0.385. The lowest BCUT2D eigenvalue weighted by Gasteiger charge is -2.16. The molecule has 4 rings (SSSR count). The van der Waals surface area contributed by atoms with Gasteiger partial charge in [0.15, 0.2) is 15.8 Å². The lowest BCUT2D eigenvalue weighted by atomic mass is 10.2. The molecule has 0 unspecified atom stereocenters. The van der Waals surface area contributed by atoms with Crippen molar-refractivity contribution in [1.29, 1.82) is 0 Å². The highest BCUT2D eigenvalue weighted by atomic mass is 35.5. The number of halogens is 2. The summed E-state index contributed by atoms with van der Waals surface area (Å²) in [4.78, 5) is 29.0. The number of nitrogens with zero attached hydrogens (tertiary/aromatic N) is 3. The molecule has 1 saturated heterocycles. The summed E-state index contributed by atoms with van der Waals surface area (Å²) in [5.41, 5.74) is 0.976. The molecule has 0 atom stereocenters. The third kappa shape index (κ3) is 5.00. The number of carbonyl (C=O) groups excluding carboxylic acids is 1. The van der Waals surface area contributed by atoms with Crippen molar-refractivity contribution in [1.82, 2.24) is 4.98 Å². The molecule has 0 bridgehead atoms. The number of rotatable bonds is 6. The molecule has 0 radical (unpaired) electrons. The summed E-state index contributed by atoms with van der Waals surface area (Å²) >= 11 is 18.8. The maximum absolute atomic E-state index is 13.0. The van der Waals surface area contributed by atoms with Crippen molar-refractivity contribution in [2.45, 2.75) is 0 Å². The zero-order valence-corrected chi connectivity index (χ0v) is 20.4. The van der Waals surface area contributed by atoms with Crippen LogP contribution in [0.3, 0.4) is 0 Å². The van der Waals surface area contributed by atoms with Gasteiger partial charge in [-0.3, -0.25) is 19.8 Å². The molecule has 3 aromatic rings. The summed E-state index contributed by atoms with van der Waals surface area (Å²) in [5.74, 6) is 0.581. The van der Waals surface area contributed by atoms with Crippen LogP contribution in [-0.4, -0.2) is 27.2 Å². The maximum Gasteiger partial charge on any atom is 0.287 e. The third-order valence-electron chi connectivity index (χ3n) is 4.58. The number of amides is 1. The fraction of sp³-hybridized carbons (Fsp3) is 0.0455. The minimum absolute atomic E-state index is 0.146. The number of ether oxygens (including phenoxy) is 2. The van der Waals surface area contributed by atoms with Crippen LogP contribution in [0.1, 0.15) is 5.56 Å². The van der Waals surface area contributed by atoms with Gasteiger partial charge in [-0.15, -0.1) is 0 Å². The number of pyridine rings is 1. The molecule has 2 heterocycles. The van der Waals surface area contributed by atoms with Crippen LogP contribution in [0, 0.1) is 10.1 Å². The van der Waals surface area contributed by atoms with Gasteiger partial charge in [0, 0.05) is 17.2 Å². The van der Waals surface area contributed by atoms with Crippen LogP contribution in [0.4, 0.5) is 11.4 Å². The summed E-state index contributed by atoms with van der Waals surface area (Å²) in [5, 5.41) is 11.5. The van der Waals surface area contributed by atoms with Gasteiger partial charge in [-0.1, -0.05) is 53.2 Å². The molecule has 12 heteroatoms. The van der Waals surface area contributed by atoms with Gasteiger partial charge in [-0.25, -0.2) is 4.98 Å². The van der Waals surface area contributed by atoms with Crippen LogP contribution in [0.25, 0.3) is 6.08 Å². The van der Waals surface area contributed by atoms with Gasteiger partial charge in [0.2, 0.25) is 5.88 Å². The molecule has 0 aliphatic carbocycles. The van der Waals surface area contributed by atoms with Gasteiger partial charge >= 0.3 is 0 Å². The van der Waals surface area contributed by atoms with Crippen molar-refractivity contribution in [3.63, 3.8) is 0 Å². The maximum atomic E-state index is 13.0. The van der Waals surface area contributed by atoms with E-state index in [1.807, 2.05) is 0 Å². The summed E-state index contributed by atoms with van der Waals surface area (Å²) in [6.07, 6.45) is 2.78. The Morgan fingerprint density at radius 2 is 1.94 bits per heavy atom. The van der Waals surface area contributed by atoms with Crippen molar-refractivity contribution in [2.24, 2.45) is 0 Å². The Morgan fingerprint density at radius 3 is 2.59 bits per heavy atom. The summed E-state index contributed by atoms with van der Waals surface area (Å²) in [6.45, 7) is 0. The average Bonchev–Trinajstić information content (AvgIpc) is 3.08. The van der Waals surface area contributed by atoms with E-state index >= 15 is 0 Å². The second-order valence-electron chi connectivity index (χ2n) is 6.74. The van der Waals surface area contributed by atoms with Crippen LogP contribution in [-0.2, 0) is 4.79 Å². The minimum atomic E-state index is -0.546. The van der Waals surface area contributed by atoms with E-state index in [0.29, 0.717) is 42.0 Å². The largest absolute Gasteiger partial charge is 0.493 e. The highest BCUT2D eigenvalue weighted by Gasteiger charge is 2.34. The van der Waals surface area contributed by atoms with E-state index in [0.717, 1.165) is 18.0 Å². The number of thioether (sulfide) groups is 1. The molecule has 172 valence electrons. The van der Waals surface area contributed by atoms with Gasteiger partial charge in [-0.05, 0) is 42.0 Å². The Labute approximate surface area is 213 Å². The number of thiocarbonyl (C=S) groups is 1. The van der Waals surface area contributed by atoms with Gasteiger partial charge in [-0.2, -0.15) is 0 Å². The van der Waals surface area contributed by atoms with E-state index in [-0.39, 0.29) is 17.5 Å². The first-order valence-corrected chi connectivity index (χ1v) is 11.4. The SMILES string of the molecule is COc1cc(/C=C2\SC(=S)N(c3ccc(Cl)cc3Cl)C2=O)ccc1Oc1ccc([N+](=O)[O-])cn1. The van der Waals surface area contributed by atoms with Crippen molar-refractivity contribution in [3.8, 4) is 17.4 Å². The molecule has 1 aromatic heterocycles. The molecule has 34 heavy (non-hydrogen) atoms. The Hall–Kier alpha value is -3.18. The zero-order chi connectivity index (χ0) is 24.4. The number of methoxy groups -OCH3 is 1. The Balaban J connectivity index is 1.57. The van der Waals surface area contributed by atoms with E-state index in [1.165, 1.54) is 24.1 Å². The molecular formula is C22H13Cl2N3O5S2. The minimum Gasteiger partial charge on any atom is -0.493 e. The molecule has 1 aliphatic rings. The quantitative estimate of drug-likeness (QED) is 0.153. The Kier molecular flexibility index (Phi) is 7.03. The predicted molar refractivity (Wildman–Crippen MR) is 136 cm³/mol. The van der Waals surface area contributed by atoms with Crippen LogP contribution in [0.15, 0.2) is 59.6 Å². The van der Waals surface area contributed by atoms with E-state index in [4.69, 9.17) is 44.9 Å². The van der Waals surface area contributed by atoms with Crippen molar-refractivity contribution in [3.05, 3.63) is 85.4 Å². The first-order valence-electron chi connectivity index (χ1n) is 9.46. The highest BCUT2D eigenvalue weighted by molar-refractivity contribution is 8.27. The predicted octanol–water partition coefficient (Wildman–Crippen LogP) is 6.50. The average molecular weight is 534 g/mol. The summed E-state index contributed by atoms with van der Waals surface area (Å²) < 4.78 is 11.4. The third-order valence-corrected chi connectivity index (χ3v) is 6.42. The number of hydrogen-bond donors (Lipinski definition) is 0. The van der Waals surface area contributed by atoms with E-state index in [1.54, 1.807) is 42.5 Å². The first kappa shape index (κ1) is 24.0. The van der Waals surface area contributed by atoms with Gasteiger partial charge < -0.3 is 9.47 Å². The van der Waals surface area contributed by atoms with Crippen molar-refractivity contribution < 1.29 is 19.2 Å². The van der Waals surface area contributed by atoms with E-state index in [2.05, 4.69) is 4.98 Å². The van der Waals surface area contributed by atoms with E-state index in [9.17, 15) is 14.9 Å². The monoisotopic (exact) mass is 533 g/mol. The fourth-order valence-corrected chi connectivity index (χ4v) is 4.78. The molecule has 0 N–H and O–H groups in total. The van der Waals surface area contributed by atoms with Gasteiger partial charge in [0.1, 0.15) is 6.20 Å². The molecule has 2 aromatic carbocycles. The Bertz CT molecular complexity index is 1350. The smallest absolute Gasteiger partial charge is 0.287 e. The van der Waals surface area contributed by atoms with Crippen LogP contribution in [0.5, 0.6) is 17.4 Å². The molecule has 0 saturated carbocycles. The zero-order valence-electron chi connectivity index (χ0n) is 17.2.